The molecule has 2 aromatic carbocycles. The zero-order valence-electron chi connectivity index (χ0n) is 15.8. The van der Waals surface area contributed by atoms with E-state index in [2.05, 4.69) is 10.6 Å². The Bertz CT molecular complexity index is 832. The molecule has 0 bridgehead atoms. The number of hydrogen-bond donors (Lipinski definition) is 2. The topological polar surface area (TPSA) is 70.7 Å². The second-order valence-electron chi connectivity index (χ2n) is 6.07. The highest BCUT2D eigenvalue weighted by atomic mass is 35.5. The Kier molecular flexibility index (Phi) is 8.22. The molecule has 0 atom stereocenters. The summed E-state index contributed by atoms with van der Waals surface area (Å²) in [6.07, 6.45) is 0.127. The minimum absolute atomic E-state index is 0.0771. The van der Waals surface area contributed by atoms with Crippen molar-refractivity contribution in [3.05, 3.63) is 53.3 Å². The highest BCUT2D eigenvalue weighted by Crippen LogP contribution is 2.19. The predicted octanol–water partition coefficient (Wildman–Crippen LogP) is 3.78. The predicted molar refractivity (Wildman–Crippen MR) is 108 cm³/mol. The summed E-state index contributed by atoms with van der Waals surface area (Å²) in [6.45, 7) is 2.99. The molecular weight excluding hydrogens is 385 g/mol. The molecule has 0 saturated carbocycles. The van der Waals surface area contributed by atoms with E-state index in [4.69, 9.17) is 16.3 Å². The number of carbonyl (C=O) groups excluding carboxylic acids is 2. The molecule has 0 aliphatic carbocycles. The van der Waals surface area contributed by atoms with Gasteiger partial charge in [0.2, 0.25) is 11.8 Å². The van der Waals surface area contributed by atoms with Gasteiger partial charge in [-0.2, -0.15) is 0 Å². The summed E-state index contributed by atoms with van der Waals surface area (Å²) in [5.41, 5.74) is 0.713. The number of amides is 2. The lowest BCUT2D eigenvalue weighted by Crippen LogP contribution is -2.35. The van der Waals surface area contributed by atoms with Crippen LogP contribution >= 0.6 is 11.6 Å². The van der Waals surface area contributed by atoms with Crippen molar-refractivity contribution in [3.8, 4) is 5.75 Å². The number of rotatable bonds is 9. The molecule has 8 heteroatoms. The van der Waals surface area contributed by atoms with Crippen LogP contribution in [0.2, 0.25) is 5.02 Å². The van der Waals surface area contributed by atoms with E-state index in [1.807, 2.05) is 11.8 Å². The van der Waals surface area contributed by atoms with Crippen LogP contribution in [0, 0.1) is 5.82 Å². The number of hydrogen-bond acceptors (Lipinski definition) is 4. The molecule has 0 saturated heterocycles. The molecule has 2 amide bonds. The molecule has 2 rings (SSSR count). The van der Waals surface area contributed by atoms with Gasteiger partial charge in [0.05, 0.1) is 19.3 Å². The van der Waals surface area contributed by atoms with Crippen LogP contribution in [0.3, 0.4) is 0 Å². The molecule has 0 aromatic heterocycles. The van der Waals surface area contributed by atoms with Gasteiger partial charge in [0.1, 0.15) is 11.6 Å². The number of halogens is 2. The van der Waals surface area contributed by atoms with Crippen molar-refractivity contribution in [2.45, 2.75) is 13.3 Å². The number of ether oxygens (including phenoxy) is 1. The molecule has 0 heterocycles. The van der Waals surface area contributed by atoms with Crippen LogP contribution in [0.4, 0.5) is 15.8 Å². The standard InChI is InChI=1S/C20H23ClFN3O3/c1-3-25(13-20(27)23-15-5-4-6-16(12-15)28-2)10-9-19(26)24-18-8-7-14(21)11-17(18)22/h4-8,11-12H,3,9-10,13H2,1-2H3,(H,23,27)(H,24,26). The zero-order valence-corrected chi connectivity index (χ0v) is 16.6. The van der Waals surface area contributed by atoms with Crippen molar-refractivity contribution >= 4 is 34.8 Å². The molecule has 0 fully saturated rings. The third-order valence-corrected chi connectivity index (χ3v) is 4.26. The smallest absolute Gasteiger partial charge is 0.238 e. The maximum atomic E-state index is 13.7. The summed E-state index contributed by atoms with van der Waals surface area (Å²) >= 11 is 5.69. The first kappa shape index (κ1) is 21.7. The fraction of sp³-hybridized carbons (Fsp3) is 0.300. The zero-order chi connectivity index (χ0) is 20.5. The van der Waals surface area contributed by atoms with Crippen molar-refractivity contribution in [2.75, 3.05) is 37.4 Å². The molecule has 0 spiro atoms. The quantitative estimate of drug-likeness (QED) is 0.663. The normalized spacial score (nSPS) is 10.6. The maximum Gasteiger partial charge on any atom is 0.238 e. The Balaban J connectivity index is 1.82. The van der Waals surface area contributed by atoms with Gasteiger partial charge in [0.15, 0.2) is 0 Å². The first-order valence-corrected chi connectivity index (χ1v) is 9.20. The van der Waals surface area contributed by atoms with Gasteiger partial charge in [-0.1, -0.05) is 24.6 Å². The minimum Gasteiger partial charge on any atom is -0.497 e. The average Bonchev–Trinajstić information content (AvgIpc) is 2.67. The Hall–Kier alpha value is -2.64. The number of anilines is 2. The van der Waals surface area contributed by atoms with Gasteiger partial charge < -0.3 is 15.4 Å². The van der Waals surface area contributed by atoms with E-state index in [0.29, 0.717) is 24.5 Å². The first-order chi connectivity index (χ1) is 13.4. The van der Waals surface area contributed by atoms with Gasteiger partial charge in [-0.25, -0.2) is 4.39 Å². The molecule has 0 radical (unpaired) electrons. The van der Waals surface area contributed by atoms with E-state index >= 15 is 0 Å². The van der Waals surface area contributed by atoms with Gasteiger partial charge in [0.25, 0.3) is 0 Å². The molecule has 2 aromatic rings. The largest absolute Gasteiger partial charge is 0.497 e. The molecule has 0 aliphatic heterocycles. The van der Waals surface area contributed by atoms with Gasteiger partial charge in [0, 0.05) is 29.7 Å². The summed E-state index contributed by atoms with van der Waals surface area (Å²) < 4.78 is 18.9. The van der Waals surface area contributed by atoms with Crippen LogP contribution in [0.1, 0.15) is 13.3 Å². The molecule has 2 N–H and O–H groups in total. The fourth-order valence-electron chi connectivity index (χ4n) is 2.52. The fourth-order valence-corrected chi connectivity index (χ4v) is 2.68. The monoisotopic (exact) mass is 407 g/mol. The van der Waals surface area contributed by atoms with Crippen LogP contribution in [-0.2, 0) is 9.59 Å². The van der Waals surface area contributed by atoms with Crippen LogP contribution < -0.4 is 15.4 Å². The lowest BCUT2D eigenvalue weighted by atomic mass is 10.2. The third-order valence-electron chi connectivity index (χ3n) is 4.03. The lowest BCUT2D eigenvalue weighted by Gasteiger charge is -2.19. The second-order valence-corrected chi connectivity index (χ2v) is 6.51. The van der Waals surface area contributed by atoms with E-state index in [1.54, 1.807) is 31.4 Å². The number of carbonyl (C=O) groups is 2. The Morgan fingerprint density at radius 1 is 1.14 bits per heavy atom. The molecule has 6 nitrogen and oxygen atoms in total. The maximum absolute atomic E-state index is 13.7. The van der Waals surface area contributed by atoms with Crippen molar-refractivity contribution < 1.29 is 18.7 Å². The third kappa shape index (κ3) is 6.83. The number of nitrogens with one attached hydrogen (secondary N) is 2. The minimum atomic E-state index is -0.592. The van der Waals surface area contributed by atoms with E-state index < -0.39 is 5.82 Å². The van der Waals surface area contributed by atoms with E-state index in [0.717, 1.165) is 6.07 Å². The number of benzene rings is 2. The van der Waals surface area contributed by atoms with Crippen molar-refractivity contribution in [1.29, 1.82) is 0 Å². The van der Waals surface area contributed by atoms with Crippen molar-refractivity contribution in [1.82, 2.24) is 4.90 Å². The van der Waals surface area contributed by atoms with Gasteiger partial charge >= 0.3 is 0 Å². The molecule has 150 valence electrons. The summed E-state index contributed by atoms with van der Waals surface area (Å²) in [6, 6.07) is 11.1. The van der Waals surface area contributed by atoms with Crippen LogP contribution in [0.15, 0.2) is 42.5 Å². The lowest BCUT2D eigenvalue weighted by molar-refractivity contribution is -0.119. The van der Waals surface area contributed by atoms with Crippen LogP contribution in [-0.4, -0.2) is 43.5 Å². The SMILES string of the molecule is CCN(CCC(=O)Nc1ccc(Cl)cc1F)CC(=O)Nc1cccc(OC)c1. The van der Waals surface area contributed by atoms with Gasteiger partial charge in [-0.15, -0.1) is 0 Å². The molecular formula is C20H23ClFN3O3. The number of nitrogens with zero attached hydrogens (tertiary/aromatic N) is 1. The highest BCUT2D eigenvalue weighted by molar-refractivity contribution is 6.30. The summed E-state index contributed by atoms with van der Waals surface area (Å²) in [5, 5.41) is 5.57. The van der Waals surface area contributed by atoms with Crippen molar-refractivity contribution in [2.24, 2.45) is 0 Å². The van der Waals surface area contributed by atoms with Gasteiger partial charge in [-0.3, -0.25) is 14.5 Å². The average molecular weight is 408 g/mol. The molecule has 0 aliphatic rings. The van der Waals surface area contributed by atoms with E-state index in [1.165, 1.54) is 12.1 Å². The number of methoxy groups -OCH3 is 1. The van der Waals surface area contributed by atoms with E-state index in [-0.39, 0.29) is 35.5 Å². The summed E-state index contributed by atoms with van der Waals surface area (Å²) in [7, 11) is 1.56. The Labute approximate surface area is 168 Å². The van der Waals surface area contributed by atoms with Crippen molar-refractivity contribution in [3.63, 3.8) is 0 Å². The summed E-state index contributed by atoms with van der Waals surface area (Å²) in [5.74, 6) is -0.478. The van der Waals surface area contributed by atoms with Crippen LogP contribution in [0.25, 0.3) is 0 Å². The molecule has 28 heavy (non-hydrogen) atoms. The van der Waals surface area contributed by atoms with E-state index in [9.17, 15) is 14.0 Å². The number of likely N-dealkylation sites (N-methyl/N-ethyl adjacent to an activating group) is 1. The summed E-state index contributed by atoms with van der Waals surface area (Å²) in [4.78, 5) is 26.1. The second kappa shape index (κ2) is 10.6. The Morgan fingerprint density at radius 3 is 2.61 bits per heavy atom. The molecule has 0 unspecified atom stereocenters. The van der Waals surface area contributed by atoms with Crippen LogP contribution in [0.5, 0.6) is 5.75 Å². The van der Waals surface area contributed by atoms with Gasteiger partial charge in [-0.05, 0) is 36.9 Å². The highest BCUT2D eigenvalue weighted by Gasteiger charge is 2.13. The Morgan fingerprint density at radius 2 is 1.93 bits per heavy atom. The first-order valence-electron chi connectivity index (χ1n) is 8.82.